The average molecular weight is 260 g/mol. The highest BCUT2D eigenvalue weighted by Gasteiger charge is 2.54. The summed E-state index contributed by atoms with van der Waals surface area (Å²) in [6.07, 6.45) is 2.35. The van der Waals surface area contributed by atoms with Crippen molar-refractivity contribution in [3.05, 3.63) is 28.2 Å². The molecule has 1 heterocycles. The van der Waals surface area contributed by atoms with Crippen molar-refractivity contribution >= 4 is 21.9 Å². The largest absolute Gasteiger partial charge is 0.481 e. The number of hydrogen-bond donors (Lipinski definition) is 1. The van der Waals surface area contributed by atoms with Crippen LogP contribution >= 0.6 is 15.9 Å². The number of pyridine rings is 1. The van der Waals surface area contributed by atoms with E-state index >= 15 is 0 Å². The maximum Gasteiger partial charge on any atom is 0.315 e. The van der Waals surface area contributed by atoms with Crippen LogP contribution in [0.1, 0.15) is 18.5 Å². The van der Waals surface area contributed by atoms with Gasteiger partial charge in [-0.3, -0.25) is 9.78 Å². The molecule has 1 saturated carbocycles. The summed E-state index contributed by atoms with van der Waals surface area (Å²) in [5, 5.41) is 8.93. The van der Waals surface area contributed by atoms with E-state index in [2.05, 4.69) is 20.9 Å². The maximum atomic E-state index is 13.4. The van der Waals surface area contributed by atoms with Crippen LogP contribution in [0, 0.1) is 5.82 Å². The molecular weight excluding hydrogens is 253 g/mol. The molecule has 1 N–H and O–H groups in total. The van der Waals surface area contributed by atoms with Gasteiger partial charge in [0.05, 0.1) is 5.69 Å². The van der Waals surface area contributed by atoms with E-state index in [-0.39, 0.29) is 5.69 Å². The van der Waals surface area contributed by atoms with Gasteiger partial charge in [0.2, 0.25) is 0 Å². The summed E-state index contributed by atoms with van der Waals surface area (Å²) in [7, 11) is 0. The molecule has 0 aromatic carbocycles. The first-order chi connectivity index (χ1) is 6.56. The zero-order valence-electron chi connectivity index (χ0n) is 7.13. The zero-order chi connectivity index (χ0) is 10.3. The highest BCUT2D eigenvalue weighted by Crippen LogP contribution is 2.48. The Labute approximate surface area is 88.1 Å². The van der Waals surface area contributed by atoms with E-state index in [1.807, 2.05) is 0 Å². The summed E-state index contributed by atoms with van der Waals surface area (Å²) < 4.78 is 13.9. The molecule has 1 aromatic heterocycles. The van der Waals surface area contributed by atoms with Gasteiger partial charge < -0.3 is 5.11 Å². The number of hydrogen-bond acceptors (Lipinski definition) is 2. The highest BCUT2D eigenvalue weighted by molar-refractivity contribution is 9.10. The third-order valence-electron chi connectivity index (χ3n) is 2.42. The molecule has 3 nitrogen and oxygen atoms in total. The van der Waals surface area contributed by atoms with Crippen molar-refractivity contribution in [2.24, 2.45) is 0 Å². The van der Waals surface area contributed by atoms with Crippen molar-refractivity contribution in [2.45, 2.75) is 18.3 Å². The van der Waals surface area contributed by atoms with E-state index < -0.39 is 17.2 Å². The summed E-state index contributed by atoms with van der Waals surface area (Å²) in [4.78, 5) is 14.7. The van der Waals surface area contributed by atoms with Gasteiger partial charge in [0.25, 0.3) is 0 Å². The van der Waals surface area contributed by atoms with Crippen LogP contribution in [0.5, 0.6) is 0 Å². The number of aromatic nitrogens is 1. The van der Waals surface area contributed by atoms with Crippen LogP contribution in [0.15, 0.2) is 16.7 Å². The lowest BCUT2D eigenvalue weighted by molar-refractivity contribution is -0.140. The molecule has 2 rings (SSSR count). The van der Waals surface area contributed by atoms with Gasteiger partial charge in [-0.15, -0.1) is 0 Å². The second-order valence-electron chi connectivity index (χ2n) is 3.37. The molecule has 1 aliphatic rings. The summed E-state index contributed by atoms with van der Waals surface area (Å²) in [6, 6.07) is 1.24. The SMILES string of the molecule is O=C(O)C1(c2ncc(Br)cc2F)CC1. The first-order valence-electron chi connectivity index (χ1n) is 4.11. The van der Waals surface area contributed by atoms with Gasteiger partial charge in [-0.1, -0.05) is 0 Å². The van der Waals surface area contributed by atoms with Crippen molar-refractivity contribution in [3.8, 4) is 0 Å². The number of rotatable bonds is 2. The topological polar surface area (TPSA) is 50.2 Å². The Hall–Kier alpha value is -0.970. The molecule has 5 heteroatoms. The average Bonchev–Trinajstić information content (AvgIpc) is 2.84. The van der Waals surface area contributed by atoms with E-state index in [0.717, 1.165) is 0 Å². The molecule has 0 bridgehead atoms. The predicted octanol–water partition coefficient (Wildman–Crippen LogP) is 2.10. The molecular formula is C9H7BrFNO2. The summed E-state index contributed by atoms with van der Waals surface area (Å²) in [6.45, 7) is 0. The molecule has 0 atom stereocenters. The molecule has 0 amide bonds. The minimum Gasteiger partial charge on any atom is -0.481 e. The minimum atomic E-state index is -1.06. The Bertz CT molecular complexity index is 404. The third-order valence-corrected chi connectivity index (χ3v) is 2.85. The Balaban J connectivity index is 2.47. The second-order valence-corrected chi connectivity index (χ2v) is 4.29. The molecule has 1 aliphatic carbocycles. The van der Waals surface area contributed by atoms with Crippen molar-refractivity contribution in [3.63, 3.8) is 0 Å². The number of aliphatic carboxylic acids is 1. The lowest BCUT2D eigenvalue weighted by Crippen LogP contribution is -2.22. The predicted molar refractivity (Wildman–Crippen MR) is 50.4 cm³/mol. The van der Waals surface area contributed by atoms with Crippen molar-refractivity contribution < 1.29 is 14.3 Å². The van der Waals surface area contributed by atoms with Gasteiger partial charge in [0.15, 0.2) is 0 Å². The molecule has 74 valence electrons. The number of halogens is 2. The van der Waals surface area contributed by atoms with Gasteiger partial charge in [0, 0.05) is 10.7 Å². The molecule has 0 radical (unpaired) electrons. The number of carboxylic acids is 1. The van der Waals surface area contributed by atoms with E-state index in [1.165, 1.54) is 12.3 Å². The zero-order valence-corrected chi connectivity index (χ0v) is 8.71. The molecule has 1 fully saturated rings. The Morgan fingerprint density at radius 3 is 2.71 bits per heavy atom. The minimum absolute atomic E-state index is 0.0493. The molecule has 14 heavy (non-hydrogen) atoms. The second kappa shape index (κ2) is 3.02. The third kappa shape index (κ3) is 1.32. The Morgan fingerprint density at radius 1 is 1.64 bits per heavy atom. The Morgan fingerprint density at radius 2 is 2.29 bits per heavy atom. The number of nitrogens with zero attached hydrogens (tertiary/aromatic N) is 1. The maximum absolute atomic E-state index is 13.4. The standard InChI is InChI=1S/C9H7BrFNO2/c10-5-3-6(11)7(12-4-5)9(1-2-9)8(13)14/h3-4H,1-2H2,(H,13,14). The number of carboxylic acid groups (broad SMARTS) is 1. The lowest BCUT2D eigenvalue weighted by Gasteiger charge is -2.09. The van der Waals surface area contributed by atoms with Crippen molar-refractivity contribution in [1.29, 1.82) is 0 Å². The van der Waals surface area contributed by atoms with E-state index in [1.54, 1.807) is 0 Å². The molecule has 0 aliphatic heterocycles. The monoisotopic (exact) mass is 259 g/mol. The molecule has 0 saturated heterocycles. The van der Waals surface area contributed by atoms with Gasteiger partial charge in [-0.05, 0) is 34.8 Å². The van der Waals surface area contributed by atoms with Gasteiger partial charge in [-0.2, -0.15) is 0 Å². The molecule has 0 unspecified atom stereocenters. The molecule has 0 spiro atoms. The van der Waals surface area contributed by atoms with Gasteiger partial charge in [0.1, 0.15) is 11.2 Å². The Kier molecular flexibility index (Phi) is 2.06. The quantitative estimate of drug-likeness (QED) is 0.885. The first-order valence-corrected chi connectivity index (χ1v) is 4.90. The van der Waals surface area contributed by atoms with Crippen molar-refractivity contribution in [2.75, 3.05) is 0 Å². The fraction of sp³-hybridized carbons (Fsp3) is 0.333. The fourth-order valence-corrected chi connectivity index (χ4v) is 1.75. The highest BCUT2D eigenvalue weighted by atomic mass is 79.9. The summed E-state index contributed by atoms with van der Waals surface area (Å²) in [5.74, 6) is -1.55. The lowest BCUT2D eigenvalue weighted by atomic mass is 10.0. The van der Waals surface area contributed by atoms with Crippen LogP contribution in [-0.2, 0) is 10.2 Å². The van der Waals surface area contributed by atoms with Gasteiger partial charge in [-0.25, -0.2) is 4.39 Å². The van der Waals surface area contributed by atoms with Crippen LogP contribution in [-0.4, -0.2) is 16.1 Å². The van der Waals surface area contributed by atoms with Crippen LogP contribution in [0.3, 0.4) is 0 Å². The van der Waals surface area contributed by atoms with Crippen molar-refractivity contribution in [1.82, 2.24) is 4.98 Å². The van der Waals surface area contributed by atoms with Gasteiger partial charge >= 0.3 is 5.97 Å². The summed E-state index contributed by atoms with van der Waals surface area (Å²) >= 11 is 3.07. The molecule has 1 aromatic rings. The van der Waals surface area contributed by atoms with E-state index in [9.17, 15) is 9.18 Å². The summed E-state index contributed by atoms with van der Waals surface area (Å²) in [5.41, 5.74) is -1.02. The van der Waals surface area contributed by atoms with Crippen LogP contribution in [0.4, 0.5) is 4.39 Å². The van der Waals surface area contributed by atoms with Crippen LogP contribution in [0.2, 0.25) is 0 Å². The van der Waals surface area contributed by atoms with E-state index in [4.69, 9.17) is 5.11 Å². The van der Waals surface area contributed by atoms with Crippen LogP contribution < -0.4 is 0 Å². The van der Waals surface area contributed by atoms with E-state index in [0.29, 0.717) is 17.3 Å². The van der Waals surface area contributed by atoms with Crippen LogP contribution in [0.25, 0.3) is 0 Å². The fourth-order valence-electron chi connectivity index (χ4n) is 1.44. The smallest absolute Gasteiger partial charge is 0.315 e. The first kappa shape index (κ1) is 9.58. The normalized spacial score (nSPS) is 17.9. The number of carbonyl (C=O) groups is 1.